The first kappa shape index (κ1) is 25.4. The van der Waals surface area contributed by atoms with Crippen molar-refractivity contribution in [1.82, 2.24) is 0 Å². The fourth-order valence-electron chi connectivity index (χ4n) is 4.56. The molecule has 178 valence electrons. The summed E-state index contributed by atoms with van der Waals surface area (Å²) in [5.41, 5.74) is 2.34. The lowest BCUT2D eigenvalue weighted by Crippen LogP contribution is -2.27. The number of anilines is 1. The summed E-state index contributed by atoms with van der Waals surface area (Å²) < 4.78 is 20.8. The summed E-state index contributed by atoms with van der Waals surface area (Å²) in [6.07, 6.45) is 4.77. The third-order valence-corrected chi connectivity index (χ3v) is 6.67. The van der Waals surface area contributed by atoms with E-state index < -0.39 is 11.4 Å². The van der Waals surface area contributed by atoms with Gasteiger partial charge in [0.05, 0.1) is 5.92 Å². The van der Waals surface area contributed by atoms with Gasteiger partial charge in [0, 0.05) is 16.6 Å². The van der Waals surface area contributed by atoms with Crippen LogP contribution in [0.4, 0.5) is 10.1 Å². The molecule has 0 aliphatic heterocycles. The number of hydrogen-bond donors (Lipinski definition) is 1. The molecule has 1 aliphatic carbocycles. The number of benzene rings is 2. The van der Waals surface area contributed by atoms with Crippen LogP contribution in [-0.2, 0) is 20.7 Å². The van der Waals surface area contributed by atoms with Gasteiger partial charge in [0.15, 0.2) is 0 Å². The van der Waals surface area contributed by atoms with E-state index >= 15 is 0 Å². The standard InChI is InChI=1S/C27H33BrFNO3/c1-17-20(11-14-24(31)33-27(2,3)4)15-22(29)16-23(17)30-26(32)25(18-7-5-6-8-18)19-9-12-21(28)13-10-19/h9-10,12-13,15-16,18,25H,5-8,11,14H2,1-4H3,(H,30,32)/t25-/m1/s1. The molecule has 1 aliphatic rings. The minimum absolute atomic E-state index is 0.115. The maximum absolute atomic E-state index is 14.5. The number of carbonyl (C=O) groups is 2. The highest BCUT2D eigenvalue weighted by Crippen LogP contribution is 2.39. The molecule has 1 fully saturated rings. The molecule has 0 saturated heterocycles. The monoisotopic (exact) mass is 517 g/mol. The first-order chi connectivity index (χ1) is 15.5. The topological polar surface area (TPSA) is 55.4 Å². The van der Waals surface area contributed by atoms with Crippen LogP contribution < -0.4 is 5.32 Å². The van der Waals surface area contributed by atoms with Gasteiger partial charge in [-0.3, -0.25) is 9.59 Å². The van der Waals surface area contributed by atoms with E-state index in [-0.39, 0.29) is 30.1 Å². The third-order valence-electron chi connectivity index (χ3n) is 6.14. The van der Waals surface area contributed by atoms with Gasteiger partial charge in [0.25, 0.3) is 0 Å². The maximum atomic E-state index is 14.5. The molecule has 0 aromatic heterocycles. The van der Waals surface area contributed by atoms with Gasteiger partial charge < -0.3 is 10.1 Å². The van der Waals surface area contributed by atoms with Crippen LogP contribution in [0.15, 0.2) is 40.9 Å². The number of amides is 1. The first-order valence-electron chi connectivity index (χ1n) is 11.6. The number of ether oxygens (including phenoxy) is 1. The number of aryl methyl sites for hydroxylation is 1. The number of hydrogen-bond acceptors (Lipinski definition) is 3. The van der Waals surface area contributed by atoms with Crippen molar-refractivity contribution >= 4 is 33.5 Å². The van der Waals surface area contributed by atoms with Gasteiger partial charge in [-0.15, -0.1) is 0 Å². The van der Waals surface area contributed by atoms with Crippen molar-refractivity contribution in [3.63, 3.8) is 0 Å². The Morgan fingerprint density at radius 2 is 1.79 bits per heavy atom. The van der Waals surface area contributed by atoms with Crippen molar-refractivity contribution in [3.8, 4) is 0 Å². The predicted molar refractivity (Wildman–Crippen MR) is 133 cm³/mol. The van der Waals surface area contributed by atoms with Crippen LogP contribution in [0.3, 0.4) is 0 Å². The second-order valence-corrected chi connectivity index (χ2v) is 10.8. The molecule has 4 nitrogen and oxygen atoms in total. The minimum atomic E-state index is -0.560. The smallest absolute Gasteiger partial charge is 0.306 e. The molecule has 0 unspecified atom stereocenters. The van der Waals surface area contributed by atoms with E-state index in [1.807, 2.05) is 52.0 Å². The lowest BCUT2D eigenvalue weighted by Gasteiger charge is -2.24. The Labute approximate surface area is 204 Å². The van der Waals surface area contributed by atoms with Gasteiger partial charge >= 0.3 is 5.97 Å². The van der Waals surface area contributed by atoms with Crippen LogP contribution in [0.25, 0.3) is 0 Å². The summed E-state index contributed by atoms with van der Waals surface area (Å²) in [5.74, 6) is -0.888. The summed E-state index contributed by atoms with van der Waals surface area (Å²) in [5, 5.41) is 3.00. The third kappa shape index (κ3) is 7.13. The van der Waals surface area contributed by atoms with E-state index in [0.29, 0.717) is 17.7 Å². The van der Waals surface area contributed by atoms with Gasteiger partial charge in [0.2, 0.25) is 5.91 Å². The summed E-state index contributed by atoms with van der Waals surface area (Å²) in [6.45, 7) is 7.30. The molecular formula is C27H33BrFNO3. The van der Waals surface area contributed by atoms with E-state index in [1.165, 1.54) is 12.1 Å². The van der Waals surface area contributed by atoms with E-state index in [2.05, 4.69) is 21.2 Å². The molecule has 0 bridgehead atoms. The van der Waals surface area contributed by atoms with Crippen LogP contribution in [0.1, 0.15) is 75.5 Å². The van der Waals surface area contributed by atoms with E-state index in [4.69, 9.17) is 4.74 Å². The average Bonchev–Trinajstić information content (AvgIpc) is 3.24. The summed E-state index contributed by atoms with van der Waals surface area (Å²) in [4.78, 5) is 25.6. The van der Waals surface area contributed by atoms with Crippen molar-refractivity contribution in [2.45, 2.75) is 77.7 Å². The average molecular weight is 518 g/mol. The maximum Gasteiger partial charge on any atom is 0.306 e. The normalized spacial score (nSPS) is 15.3. The number of halogens is 2. The van der Waals surface area contributed by atoms with Crippen LogP contribution in [0, 0.1) is 18.7 Å². The molecule has 2 aromatic rings. The van der Waals surface area contributed by atoms with Crippen molar-refractivity contribution < 1.29 is 18.7 Å². The van der Waals surface area contributed by atoms with Gasteiger partial charge in [-0.1, -0.05) is 40.9 Å². The van der Waals surface area contributed by atoms with Crippen LogP contribution in [0.5, 0.6) is 0 Å². The SMILES string of the molecule is Cc1c(CCC(=O)OC(C)(C)C)cc(F)cc1NC(=O)[C@@H](c1ccc(Br)cc1)C1CCCC1. The quantitative estimate of drug-likeness (QED) is 0.399. The van der Waals surface area contributed by atoms with Gasteiger partial charge in [-0.25, -0.2) is 4.39 Å². The Balaban J connectivity index is 1.79. The molecule has 6 heteroatoms. The molecule has 3 rings (SSSR count). The fraction of sp³-hybridized carbons (Fsp3) is 0.481. The Morgan fingerprint density at radius 3 is 2.39 bits per heavy atom. The van der Waals surface area contributed by atoms with E-state index in [9.17, 15) is 14.0 Å². The molecule has 0 heterocycles. The van der Waals surface area contributed by atoms with E-state index in [1.54, 1.807) is 0 Å². The molecule has 1 amide bonds. The Morgan fingerprint density at radius 1 is 1.15 bits per heavy atom. The molecule has 0 radical (unpaired) electrons. The van der Waals surface area contributed by atoms with E-state index in [0.717, 1.165) is 41.3 Å². The first-order valence-corrected chi connectivity index (χ1v) is 12.4. The van der Waals surface area contributed by atoms with Crippen LogP contribution in [-0.4, -0.2) is 17.5 Å². The molecule has 0 spiro atoms. The summed E-state index contributed by atoms with van der Waals surface area (Å²) >= 11 is 3.46. The molecule has 1 saturated carbocycles. The fourth-order valence-corrected chi connectivity index (χ4v) is 4.83. The largest absolute Gasteiger partial charge is 0.460 e. The number of nitrogens with one attached hydrogen (secondary N) is 1. The number of esters is 1. The summed E-state index contributed by atoms with van der Waals surface area (Å²) in [6, 6.07) is 10.7. The van der Waals surface area contributed by atoms with Crippen molar-refractivity contribution in [1.29, 1.82) is 0 Å². The zero-order chi connectivity index (χ0) is 24.2. The van der Waals surface area contributed by atoms with Gasteiger partial charge in [-0.05, 0) is 93.8 Å². The van der Waals surface area contributed by atoms with Crippen molar-refractivity contribution in [2.24, 2.45) is 5.92 Å². The lowest BCUT2D eigenvalue weighted by molar-refractivity contribution is -0.154. The molecule has 1 N–H and O–H groups in total. The van der Waals surface area contributed by atoms with Gasteiger partial charge in [-0.2, -0.15) is 0 Å². The molecule has 1 atom stereocenters. The summed E-state index contributed by atoms with van der Waals surface area (Å²) in [7, 11) is 0. The highest BCUT2D eigenvalue weighted by atomic mass is 79.9. The van der Waals surface area contributed by atoms with Crippen molar-refractivity contribution in [2.75, 3.05) is 5.32 Å². The second-order valence-electron chi connectivity index (χ2n) is 9.89. The molecule has 2 aromatic carbocycles. The Hall–Kier alpha value is -2.21. The van der Waals surface area contributed by atoms with Crippen LogP contribution >= 0.6 is 15.9 Å². The highest BCUT2D eigenvalue weighted by Gasteiger charge is 2.32. The van der Waals surface area contributed by atoms with Crippen LogP contribution in [0.2, 0.25) is 0 Å². The van der Waals surface area contributed by atoms with Crippen molar-refractivity contribution in [3.05, 3.63) is 63.4 Å². The predicted octanol–water partition coefficient (Wildman–Crippen LogP) is 7.08. The molecule has 33 heavy (non-hydrogen) atoms. The Kier molecular flexibility index (Phi) is 8.33. The number of rotatable bonds is 7. The van der Waals surface area contributed by atoms with Gasteiger partial charge in [0.1, 0.15) is 11.4 Å². The zero-order valence-corrected chi connectivity index (χ0v) is 21.4. The highest BCUT2D eigenvalue weighted by molar-refractivity contribution is 9.10. The lowest BCUT2D eigenvalue weighted by atomic mass is 9.84. The molecular weight excluding hydrogens is 485 g/mol. The number of carbonyl (C=O) groups excluding carboxylic acids is 2. The second kappa shape index (κ2) is 10.8. The zero-order valence-electron chi connectivity index (χ0n) is 19.8. The minimum Gasteiger partial charge on any atom is -0.460 e. The Bertz CT molecular complexity index is 992.